The first kappa shape index (κ1) is 27.0. The minimum absolute atomic E-state index is 0.0923. The quantitative estimate of drug-likeness (QED) is 0.337. The molecule has 0 aliphatic heterocycles. The number of aromatic nitrogens is 2. The lowest BCUT2D eigenvalue weighted by Crippen LogP contribution is -2.47. The highest BCUT2D eigenvalue weighted by Gasteiger charge is 2.28. The van der Waals surface area contributed by atoms with Gasteiger partial charge in [-0.05, 0) is 11.5 Å². The van der Waals surface area contributed by atoms with Crippen molar-refractivity contribution < 1.29 is 28.7 Å². The Kier molecular flexibility index (Phi) is 9.09. The summed E-state index contributed by atoms with van der Waals surface area (Å²) >= 11 is 0. The number of methoxy groups -OCH3 is 1. The second-order valence-electron chi connectivity index (χ2n) is 8.04. The van der Waals surface area contributed by atoms with E-state index < -0.39 is 65.5 Å². The lowest BCUT2D eigenvalue weighted by molar-refractivity contribution is -0.147. The fourth-order valence-corrected chi connectivity index (χ4v) is 3.24. The van der Waals surface area contributed by atoms with Gasteiger partial charge >= 0.3 is 17.6 Å². The summed E-state index contributed by atoms with van der Waals surface area (Å²) in [4.78, 5) is 74.5. The van der Waals surface area contributed by atoms with Crippen LogP contribution in [0.1, 0.15) is 36.7 Å². The number of carbonyl (C=O) groups excluding carboxylic acids is 4. The number of hydrogen-bond acceptors (Lipinski definition) is 9. The minimum atomic E-state index is -1.12. The van der Waals surface area contributed by atoms with Crippen LogP contribution in [0.15, 0.2) is 39.9 Å². The number of hydrogen-bond donors (Lipinski definition) is 2. The number of Topliss-reactive ketones (excluding diaryl/α,β-unsaturated/α-hetero) is 1. The molecule has 0 fully saturated rings. The van der Waals surface area contributed by atoms with Gasteiger partial charge in [-0.2, -0.15) is 0 Å². The van der Waals surface area contributed by atoms with Gasteiger partial charge in [-0.3, -0.25) is 23.7 Å². The van der Waals surface area contributed by atoms with Crippen molar-refractivity contribution in [2.45, 2.75) is 39.9 Å². The Morgan fingerprint density at radius 3 is 2.23 bits per heavy atom. The van der Waals surface area contributed by atoms with E-state index in [1.54, 1.807) is 44.2 Å². The number of amides is 1. The Hall–Kier alpha value is -4.22. The van der Waals surface area contributed by atoms with Crippen LogP contribution in [0.4, 0.5) is 5.82 Å². The maximum absolute atomic E-state index is 13.0. The number of ketones is 1. The van der Waals surface area contributed by atoms with Crippen LogP contribution in [0.2, 0.25) is 0 Å². The third-order valence-corrected chi connectivity index (χ3v) is 5.07. The first-order chi connectivity index (χ1) is 16.5. The van der Waals surface area contributed by atoms with Crippen molar-refractivity contribution in [3.05, 3.63) is 62.3 Å². The Bertz CT molecular complexity index is 1230. The van der Waals surface area contributed by atoms with Gasteiger partial charge in [0.05, 0.1) is 13.7 Å². The van der Waals surface area contributed by atoms with Crippen molar-refractivity contribution in [2.24, 2.45) is 5.92 Å². The molecule has 0 aliphatic rings. The van der Waals surface area contributed by atoms with E-state index in [4.69, 9.17) is 10.5 Å². The molecule has 0 unspecified atom stereocenters. The topological polar surface area (TPSA) is 169 Å². The molecule has 0 aliphatic carbocycles. The molecular weight excluding hydrogens is 460 g/mol. The Morgan fingerprint density at radius 2 is 1.69 bits per heavy atom. The van der Waals surface area contributed by atoms with Crippen LogP contribution in [0.5, 0.6) is 0 Å². The second kappa shape index (κ2) is 11.8. The molecule has 2 rings (SSSR count). The summed E-state index contributed by atoms with van der Waals surface area (Å²) in [7, 11) is 1.08. The third-order valence-electron chi connectivity index (χ3n) is 5.07. The summed E-state index contributed by atoms with van der Waals surface area (Å²) in [6, 6.07) is 7.63. The zero-order chi connectivity index (χ0) is 26.3. The number of anilines is 1. The van der Waals surface area contributed by atoms with E-state index in [9.17, 15) is 28.8 Å². The average Bonchev–Trinajstić information content (AvgIpc) is 2.81. The summed E-state index contributed by atoms with van der Waals surface area (Å²) in [5.41, 5.74) is 4.06. The lowest BCUT2D eigenvalue weighted by Gasteiger charge is -2.20. The summed E-state index contributed by atoms with van der Waals surface area (Å²) in [6.07, 6.45) is 0. The first-order valence-corrected chi connectivity index (χ1v) is 10.7. The van der Waals surface area contributed by atoms with E-state index in [0.717, 1.165) is 11.7 Å². The normalized spacial score (nSPS) is 11.6. The molecule has 0 radical (unpaired) electrons. The van der Waals surface area contributed by atoms with Crippen molar-refractivity contribution in [3.8, 4) is 0 Å². The van der Waals surface area contributed by atoms with E-state index >= 15 is 0 Å². The highest BCUT2D eigenvalue weighted by Crippen LogP contribution is 2.11. The maximum Gasteiger partial charge on any atom is 0.333 e. The first-order valence-electron chi connectivity index (χ1n) is 10.7. The number of nitrogens with zero attached hydrogens (tertiary/aromatic N) is 2. The number of carbonyl (C=O) groups is 4. The molecule has 1 amide bonds. The highest BCUT2D eigenvalue weighted by molar-refractivity contribution is 6.01. The van der Waals surface area contributed by atoms with Crippen molar-refractivity contribution >= 4 is 29.4 Å². The van der Waals surface area contributed by atoms with Crippen LogP contribution in [-0.4, -0.2) is 52.5 Å². The SMILES string of the molecule is COC(=O)Cn1c(=O)c(C(=O)COC(=O)[C@@H](NC(C)=O)C(C)C)c(N)n(Cc2ccccc2)c1=O. The van der Waals surface area contributed by atoms with Crippen LogP contribution in [0, 0.1) is 5.92 Å². The third kappa shape index (κ3) is 6.65. The van der Waals surface area contributed by atoms with Gasteiger partial charge < -0.3 is 20.5 Å². The molecule has 1 atom stereocenters. The number of benzene rings is 1. The smallest absolute Gasteiger partial charge is 0.333 e. The summed E-state index contributed by atoms with van der Waals surface area (Å²) in [6.45, 7) is 2.86. The lowest BCUT2D eigenvalue weighted by atomic mass is 10.0. The van der Waals surface area contributed by atoms with Gasteiger partial charge in [0.1, 0.15) is 24.0 Å². The monoisotopic (exact) mass is 488 g/mol. The van der Waals surface area contributed by atoms with Gasteiger partial charge in [0, 0.05) is 6.92 Å². The highest BCUT2D eigenvalue weighted by atomic mass is 16.5. The molecule has 12 nitrogen and oxygen atoms in total. The van der Waals surface area contributed by atoms with Crippen LogP contribution < -0.4 is 22.3 Å². The fourth-order valence-electron chi connectivity index (χ4n) is 3.24. The molecule has 35 heavy (non-hydrogen) atoms. The summed E-state index contributed by atoms with van der Waals surface area (Å²) < 4.78 is 11.1. The maximum atomic E-state index is 13.0. The molecule has 12 heteroatoms. The number of esters is 2. The molecule has 1 aromatic heterocycles. The van der Waals surface area contributed by atoms with Gasteiger partial charge in [0.25, 0.3) is 5.56 Å². The number of ether oxygens (including phenoxy) is 2. The fraction of sp³-hybridized carbons (Fsp3) is 0.391. The molecular formula is C23H28N4O8. The predicted molar refractivity (Wildman–Crippen MR) is 125 cm³/mol. The number of nitrogens with one attached hydrogen (secondary N) is 1. The van der Waals surface area contributed by atoms with Crippen molar-refractivity contribution in [2.75, 3.05) is 19.5 Å². The summed E-state index contributed by atoms with van der Waals surface area (Å²) in [5, 5.41) is 2.43. The van der Waals surface area contributed by atoms with E-state index in [1.165, 1.54) is 6.92 Å². The molecule has 0 saturated heterocycles. The minimum Gasteiger partial charge on any atom is -0.468 e. The van der Waals surface area contributed by atoms with Crippen LogP contribution >= 0.6 is 0 Å². The molecule has 1 aromatic carbocycles. The largest absolute Gasteiger partial charge is 0.468 e. The van der Waals surface area contributed by atoms with Crippen molar-refractivity contribution in [1.29, 1.82) is 0 Å². The molecule has 0 bridgehead atoms. The molecule has 2 aromatic rings. The molecule has 3 N–H and O–H groups in total. The van der Waals surface area contributed by atoms with Gasteiger partial charge in [-0.1, -0.05) is 44.2 Å². The van der Waals surface area contributed by atoms with Crippen molar-refractivity contribution in [1.82, 2.24) is 14.5 Å². The number of nitrogen functional groups attached to an aromatic ring is 1. The van der Waals surface area contributed by atoms with Gasteiger partial charge in [-0.15, -0.1) is 0 Å². The van der Waals surface area contributed by atoms with E-state index in [2.05, 4.69) is 10.1 Å². The van der Waals surface area contributed by atoms with Crippen LogP contribution in [-0.2, 0) is 36.9 Å². The molecule has 0 saturated carbocycles. The molecule has 0 spiro atoms. The van der Waals surface area contributed by atoms with Crippen LogP contribution in [0.3, 0.4) is 0 Å². The average molecular weight is 488 g/mol. The zero-order valence-electron chi connectivity index (χ0n) is 19.9. The van der Waals surface area contributed by atoms with Crippen LogP contribution in [0.25, 0.3) is 0 Å². The van der Waals surface area contributed by atoms with Gasteiger partial charge in [0.2, 0.25) is 11.7 Å². The van der Waals surface area contributed by atoms with E-state index in [-0.39, 0.29) is 12.5 Å². The zero-order valence-corrected chi connectivity index (χ0v) is 19.9. The Morgan fingerprint density at radius 1 is 1.06 bits per heavy atom. The van der Waals surface area contributed by atoms with E-state index in [1.807, 2.05) is 0 Å². The molecule has 188 valence electrons. The standard InChI is InChI=1S/C23H28N4O8/c1-13(2)19(25-14(3)28)22(32)35-12-16(29)18-20(24)26(10-15-8-6-5-7-9-15)23(33)27(21(18)31)11-17(30)34-4/h5-9,13,19H,10-12,24H2,1-4H3,(H,25,28)/t19-/m0/s1. The number of rotatable bonds is 10. The second-order valence-corrected chi connectivity index (χ2v) is 8.04. The number of nitrogens with two attached hydrogens (primary N) is 1. The van der Waals surface area contributed by atoms with E-state index in [0.29, 0.717) is 10.1 Å². The van der Waals surface area contributed by atoms with Gasteiger partial charge in [0.15, 0.2) is 6.61 Å². The predicted octanol–water partition coefficient (Wildman–Crippen LogP) is -0.300. The molecule has 1 heterocycles. The summed E-state index contributed by atoms with van der Waals surface area (Å²) in [5.74, 6) is -3.99. The Labute approximate surface area is 200 Å². The Balaban J connectivity index is 2.47. The van der Waals surface area contributed by atoms with Crippen molar-refractivity contribution in [3.63, 3.8) is 0 Å². The van der Waals surface area contributed by atoms with Gasteiger partial charge in [-0.25, -0.2) is 14.2 Å².